The van der Waals surface area contributed by atoms with Crippen LogP contribution in [-0.2, 0) is 10.0 Å². The Morgan fingerprint density at radius 2 is 1.86 bits per heavy atom. The third-order valence-corrected chi connectivity index (χ3v) is 7.15. The van der Waals surface area contributed by atoms with Crippen LogP contribution >= 0.6 is 11.3 Å². The Hall–Kier alpha value is -0.960. The molecule has 1 aliphatic heterocycles. The van der Waals surface area contributed by atoms with E-state index in [1.54, 1.807) is 6.92 Å². The first-order valence-corrected chi connectivity index (χ1v) is 8.96. The molecule has 6 nitrogen and oxygen atoms in total. The van der Waals surface area contributed by atoms with E-state index in [-0.39, 0.29) is 21.9 Å². The highest BCUT2D eigenvalue weighted by molar-refractivity contribution is 7.89. The molecule has 2 atom stereocenters. The predicted octanol–water partition coefficient (Wildman–Crippen LogP) is 1.47. The van der Waals surface area contributed by atoms with Crippen LogP contribution in [0.3, 0.4) is 0 Å². The molecular weight excluding hydrogens is 312 g/mol. The van der Waals surface area contributed by atoms with Gasteiger partial charge in [0.15, 0.2) is 0 Å². The van der Waals surface area contributed by atoms with Crippen molar-refractivity contribution in [1.29, 1.82) is 0 Å². The molecule has 8 heteroatoms. The standard InChI is InChI=1S/C13H20N2O4S2/c1-8-6-15(7-9(2)14(8)4)21(18,19)12-5-11(13(16)17)20-10(12)3/h5,8-9H,6-7H2,1-4H3,(H,16,17). The van der Waals surface area contributed by atoms with Crippen molar-refractivity contribution < 1.29 is 18.3 Å². The maximum Gasteiger partial charge on any atom is 0.345 e. The zero-order valence-corrected chi connectivity index (χ0v) is 14.2. The van der Waals surface area contributed by atoms with Crippen molar-refractivity contribution in [2.24, 2.45) is 0 Å². The molecule has 118 valence electrons. The van der Waals surface area contributed by atoms with Gasteiger partial charge in [0.2, 0.25) is 10.0 Å². The smallest absolute Gasteiger partial charge is 0.345 e. The summed E-state index contributed by atoms with van der Waals surface area (Å²) in [5.41, 5.74) is 0. The van der Waals surface area contributed by atoms with Crippen molar-refractivity contribution in [2.45, 2.75) is 37.8 Å². The van der Waals surface area contributed by atoms with E-state index in [4.69, 9.17) is 5.11 Å². The molecule has 1 N–H and O–H groups in total. The third kappa shape index (κ3) is 2.98. The lowest BCUT2D eigenvalue weighted by Crippen LogP contribution is -2.56. The molecule has 0 bridgehead atoms. The molecule has 0 spiro atoms. The molecule has 21 heavy (non-hydrogen) atoms. The second kappa shape index (κ2) is 5.68. The number of rotatable bonds is 3. The van der Waals surface area contributed by atoms with Crippen molar-refractivity contribution in [3.05, 3.63) is 15.8 Å². The molecule has 2 unspecified atom stereocenters. The topological polar surface area (TPSA) is 77.9 Å². The van der Waals surface area contributed by atoms with Crippen LogP contribution in [0.1, 0.15) is 28.4 Å². The van der Waals surface area contributed by atoms with Crippen LogP contribution in [-0.4, -0.2) is 60.9 Å². The number of hydrogen-bond donors (Lipinski definition) is 1. The number of likely N-dealkylation sites (N-methyl/N-ethyl adjacent to an activating group) is 1. The summed E-state index contributed by atoms with van der Waals surface area (Å²) in [6.07, 6.45) is 0. The fourth-order valence-electron chi connectivity index (χ4n) is 2.52. The van der Waals surface area contributed by atoms with Crippen LogP contribution in [0.15, 0.2) is 11.0 Å². The number of hydrogen-bond acceptors (Lipinski definition) is 5. The van der Waals surface area contributed by atoms with Gasteiger partial charge in [-0.25, -0.2) is 13.2 Å². The number of carboxylic acid groups (broad SMARTS) is 1. The lowest BCUT2D eigenvalue weighted by atomic mass is 10.1. The summed E-state index contributed by atoms with van der Waals surface area (Å²) in [7, 11) is -1.66. The van der Waals surface area contributed by atoms with E-state index in [2.05, 4.69) is 4.90 Å². The van der Waals surface area contributed by atoms with E-state index in [1.807, 2.05) is 20.9 Å². The van der Waals surface area contributed by atoms with Crippen molar-refractivity contribution in [1.82, 2.24) is 9.21 Å². The normalized spacial score (nSPS) is 25.1. The molecule has 0 aliphatic carbocycles. The van der Waals surface area contributed by atoms with Gasteiger partial charge in [-0.15, -0.1) is 11.3 Å². The number of piperazine rings is 1. The second-order valence-corrected chi connectivity index (χ2v) is 8.68. The van der Waals surface area contributed by atoms with Gasteiger partial charge in [-0.3, -0.25) is 4.90 Å². The van der Waals surface area contributed by atoms with E-state index < -0.39 is 16.0 Å². The summed E-state index contributed by atoms with van der Waals surface area (Å²) in [5, 5.41) is 9.01. The van der Waals surface area contributed by atoms with Gasteiger partial charge in [-0.05, 0) is 33.9 Å². The fraction of sp³-hybridized carbons (Fsp3) is 0.615. The van der Waals surface area contributed by atoms with E-state index in [1.165, 1.54) is 10.4 Å². The van der Waals surface area contributed by atoms with Crippen molar-refractivity contribution in [3.8, 4) is 0 Å². The van der Waals surface area contributed by atoms with Crippen LogP contribution < -0.4 is 0 Å². The van der Waals surface area contributed by atoms with Crippen LogP contribution in [0, 0.1) is 6.92 Å². The van der Waals surface area contributed by atoms with Crippen LogP contribution in [0.4, 0.5) is 0 Å². The monoisotopic (exact) mass is 332 g/mol. The van der Waals surface area contributed by atoms with Crippen molar-refractivity contribution in [3.63, 3.8) is 0 Å². The van der Waals surface area contributed by atoms with Gasteiger partial charge in [-0.1, -0.05) is 0 Å². The van der Waals surface area contributed by atoms with Gasteiger partial charge in [0.25, 0.3) is 0 Å². The van der Waals surface area contributed by atoms with E-state index in [0.29, 0.717) is 18.0 Å². The quantitative estimate of drug-likeness (QED) is 0.907. The highest BCUT2D eigenvalue weighted by Crippen LogP contribution is 2.30. The summed E-state index contributed by atoms with van der Waals surface area (Å²) in [6.45, 7) is 6.46. The van der Waals surface area contributed by atoms with Crippen LogP contribution in [0.25, 0.3) is 0 Å². The molecule has 1 aromatic rings. The first-order chi connectivity index (χ1) is 9.64. The van der Waals surface area contributed by atoms with E-state index in [9.17, 15) is 13.2 Å². The minimum atomic E-state index is -3.64. The second-order valence-electron chi connectivity index (χ2n) is 5.52. The van der Waals surface area contributed by atoms with E-state index in [0.717, 1.165) is 11.3 Å². The highest BCUT2D eigenvalue weighted by Gasteiger charge is 2.36. The molecule has 1 aliphatic rings. The maximum absolute atomic E-state index is 12.8. The highest BCUT2D eigenvalue weighted by atomic mass is 32.2. The molecule has 2 rings (SSSR count). The van der Waals surface area contributed by atoms with Gasteiger partial charge in [0, 0.05) is 30.1 Å². The molecule has 1 aromatic heterocycles. The Morgan fingerprint density at radius 3 is 2.29 bits per heavy atom. The summed E-state index contributed by atoms with van der Waals surface area (Å²) in [4.78, 5) is 13.9. The van der Waals surface area contributed by atoms with Crippen molar-refractivity contribution in [2.75, 3.05) is 20.1 Å². The van der Waals surface area contributed by atoms with Gasteiger partial charge >= 0.3 is 5.97 Å². The number of aryl methyl sites for hydroxylation is 1. The zero-order valence-electron chi connectivity index (χ0n) is 12.5. The zero-order chi connectivity index (χ0) is 15.9. The predicted molar refractivity (Wildman–Crippen MR) is 81.5 cm³/mol. The van der Waals surface area contributed by atoms with Crippen LogP contribution in [0.2, 0.25) is 0 Å². The number of nitrogens with zero attached hydrogens (tertiary/aromatic N) is 2. The number of aromatic carboxylic acids is 1. The summed E-state index contributed by atoms with van der Waals surface area (Å²) < 4.78 is 27.0. The molecule has 0 saturated carbocycles. The molecule has 1 fully saturated rings. The fourth-order valence-corrected chi connectivity index (χ4v) is 5.52. The Morgan fingerprint density at radius 1 is 1.33 bits per heavy atom. The third-order valence-electron chi connectivity index (χ3n) is 4.03. The lowest BCUT2D eigenvalue weighted by molar-refractivity contribution is 0.0702. The molecular formula is C13H20N2O4S2. The lowest BCUT2D eigenvalue weighted by Gasteiger charge is -2.41. The first-order valence-electron chi connectivity index (χ1n) is 6.70. The van der Waals surface area contributed by atoms with Gasteiger partial charge in [0.1, 0.15) is 4.88 Å². The molecule has 0 radical (unpaired) electrons. The molecule has 0 amide bonds. The number of sulfonamides is 1. The Bertz CT molecular complexity index is 641. The Kier molecular flexibility index (Phi) is 4.44. The minimum absolute atomic E-state index is 0.0568. The summed E-state index contributed by atoms with van der Waals surface area (Å²) >= 11 is 1.000. The van der Waals surface area contributed by atoms with Gasteiger partial charge in [-0.2, -0.15) is 4.31 Å². The van der Waals surface area contributed by atoms with Gasteiger partial charge in [0.05, 0.1) is 4.90 Å². The summed E-state index contributed by atoms with van der Waals surface area (Å²) in [6, 6.07) is 1.52. The van der Waals surface area contributed by atoms with Crippen LogP contribution in [0.5, 0.6) is 0 Å². The number of thiophene rings is 1. The van der Waals surface area contributed by atoms with Crippen molar-refractivity contribution >= 4 is 27.3 Å². The first kappa shape index (κ1) is 16.4. The summed E-state index contributed by atoms with van der Waals surface area (Å²) in [5.74, 6) is -1.09. The Labute approximate surface area is 129 Å². The molecule has 1 saturated heterocycles. The molecule has 0 aromatic carbocycles. The minimum Gasteiger partial charge on any atom is -0.477 e. The maximum atomic E-state index is 12.8. The molecule has 2 heterocycles. The van der Waals surface area contributed by atoms with Gasteiger partial charge < -0.3 is 5.11 Å². The largest absolute Gasteiger partial charge is 0.477 e. The number of carbonyl (C=O) groups is 1. The average molecular weight is 332 g/mol. The SMILES string of the molecule is Cc1sc(C(=O)O)cc1S(=O)(=O)N1CC(C)N(C)C(C)C1. The number of carboxylic acids is 1. The average Bonchev–Trinajstić information content (AvgIpc) is 2.78. The van der Waals surface area contributed by atoms with E-state index >= 15 is 0 Å². The Balaban J connectivity index is 2.36.